The molecular weight excluding hydrogens is 224 g/mol. The Kier molecular flexibility index (Phi) is 3.77. The average Bonchev–Trinajstić information content (AvgIpc) is 2.81. The van der Waals surface area contributed by atoms with Gasteiger partial charge in [-0.15, -0.1) is 0 Å². The van der Waals surface area contributed by atoms with Crippen molar-refractivity contribution in [3.8, 4) is 0 Å². The van der Waals surface area contributed by atoms with Crippen molar-refractivity contribution in [3.05, 3.63) is 47.3 Å². The van der Waals surface area contributed by atoms with Gasteiger partial charge in [0.1, 0.15) is 5.82 Å². The Balaban J connectivity index is 2.45. The molecule has 2 rings (SSSR count). The summed E-state index contributed by atoms with van der Waals surface area (Å²) in [5.41, 5.74) is 3.29. The number of aromatic nitrogens is 3. The van der Waals surface area contributed by atoms with Crippen LogP contribution in [0.1, 0.15) is 35.7 Å². The van der Waals surface area contributed by atoms with Gasteiger partial charge in [-0.1, -0.05) is 6.07 Å². The highest BCUT2D eigenvalue weighted by Crippen LogP contribution is 2.22. The van der Waals surface area contributed by atoms with Crippen LogP contribution < -0.4 is 5.32 Å². The van der Waals surface area contributed by atoms with E-state index in [4.69, 9.17) is 0 Å². The summed E-state index contributed by atoms with van der Waals surface area (Å²) < 4.78 is 2.15. The molecule has 96 valence electrons. The van der Waals surface area contributed by atoms with Crippen molar-refractivity contribution < 1.29 is 0 Å². The van der Waals surface area contributed by atoms with Crippen LogP contribution in [-0.2, 0) is 6.54 Å². The molecule has 0 aromatic carbocycles. The third-order valence-electron chi connectivity index (χ3n) is 3.21. The van der Waals surface area contributed by atoms with Gasteiger partial charge in [0.2, 0.25) is 0 Å². The molecule has 0 bridgehead atoms. The van der Waals surface area contributed by atoms with Crippen molar-refractivity contribution in [2.75, 3.05) is 7.05 Å². The third-order valence-corrected chi connectivity index (χ3v) is 3.21. The lowest BCUT2D eigenvalue weighted by atomic mass is 10.0. The molecule has 2 heterocycles. The Morgan fingerprint density at radius 3 is 2.72 bits per heavy atom. The highest BCUT2D eigenvalue weighted by atomic mass is 15.1. The van der Waals surface area contributed by atoms with Crippen LogP contribution in [0.2, 0.25) is 0 Å². The van der Waals surface area contributed by atoms with Crippen molar-refractivity contribution >= 4 is 0 Å². The van der Waals surface area contributed by atoms with Gasteiger partial charge < -0.3 is 9.88 Å². The number of nitrogens with one attached hydrogen (secondary N) is 1. The summed E-state index contributed by atoms with van der Waals surface area (Å²) in [5.74, 6) is 1.04. The van der Waals surface area contributed by atoms with E-state index in [9.17, 15) is 0 Å². The number of hydrogen-bond acceptors (Lipinski definition) is 3. The molecule has 4 heteroatoms. The second-order valence-corrected chi connectivity index (χ2v) is 4.42. The highest BCUT2D eigenvalue weighted by Gasteiger charge is 2.19. The molecule has 0 radical (unpaired) electrons. The van der Waals surface area contributed by atoms with Crippen LogP contribution in [0.4, 0.5) is 0 Å². The fourth-order valence-corrected chi connectivity index (χ4v) is 2.27. The van der Waals surface area contributed by atoms with Crippen LogP contribution in [-0.4, -0.2) is 21.6 Å². The first-order valence-corrected chi connectivity index (χ1v) is 6.29. The van der Waals surface area contributed by atoms with Gasteiger partial charge in [0.25, 0.3) is 0 Å². The Bertz CT molecular complexity index is 530. The van der Waals surface area contributed by atoms with Gasteiger partial charge in [-0.3, -0.25) is 4.98 Å². The largest absolute Gasteiger partial charge is 0.334 e. The summed E-state index contributed by atoms with van der Waals surface area (Å²) in [7, 11) is 1.96. The van der Waals surface area contributed by atoms with E-state index in [-0.39, 0.29) is 6.04 Å². The number of pyridine rings is 1. The fraction of sp³-hybridized carbons (Fsp3) is 0.429. The smallest absolute Gasteiger partial charge is 0.130 e. The third kappa shape index (κ3) is 2.29. The standard InChI is InChI=1S/C14H20N4/c1-5-18-9-8-16-14(18)13(15-4)12-7-6-10(2)17-11(12)3/h6-9,13,15H,5H2,1-4H3. The summed E-state index contributed by atoms with van der Waals surface area (Å²) in [4.78, 5) is 9.00. The summed E-state index contributed by atoms with van der Waals surface area (Å²) in [6.45, 7) is 7.11. The topological polar surface area (TPSA) is 42.7 Å². The molecule has 4 nitrogen and oxygen atoms in total. The maximum absolute atomic E-state index is 4.53. The van der Waals surface area contributed by atoms with Gasteiger partial charge in [0, 0.05) is 30.3 Å². The summed E-state index contributed by atoms with van der Waals surface area (Å²) in [6, 6.07) is 4.27. The van der Waals surface area contributed by atoms with E-state index in [1.165, 1.54) is 5.56 Å². The molecule has 18 heavy (non-hydrogen) atoms. The first-order chi connectivity index (χ1) is 8.67. The van der Waals surface area contributed by atoms with E-state index >= 15 is 0 Å². The van der Waals surface area contributed by atoms with Gasteiger partial charge in [0.15, 0.2) is 0 Å². The van der Waals surface area contributed by atoms with Crippen molar-refractivity contribution in [3.63, 3.8) is 0 Å². The van der Waals surface area contributed by atoms with E-state index in [0.29, 0.717) is 0 Å². The molecule has 0 aliphatic carbocycles. The van der Waals surface area contributed by atoms with Gasteiger partial charge in [-0.25, -0.2) is 4.98 Å². The van der Waals surface area contributed by atoms with Gasteiger partial charge >= 0.3 is 0 Å². The van der Waals surface area contributed by atoms with Crippen LogP contribution in [0, 0.1) is 13.8 Å². The lowest BCUT2D eigenvalue weighted by Gasteiger charge is -2.19. The Morgan fingerprint density at radius 1 is 1.33 bits per heavy atom. The second kappa shape index (κ2) is 5.31. The Labute approximate surface area is 108 Å². The fourth-order valence-electron chi connectivity index (χ4n) is 2.27. The molecule has 2 aromatic rings. The van der Waals surface area contributed by atoms with Gasteiger partial charge in [-0.2, -0.15) is 0 Å². The number of rotatable bonds is 4. The van der Waals surface area contributed by atoms with E-state index < -0.39 is 0 Å². The predicted octanol–water partition coefficient (Wildman–Crippen LogP) is 2.22. The number of aryl methyl sites for hydroxylation is 3. The Morgan fingerprint density at radius 2 is 2.11 bits per heavy atom. The predicted molar refractivity (Wildman–Crippen MR) is 72.5 cm³/mol. The monoisotopic (exact) mass is 244 g/mol. The van der Waals surface area contributed by atoms with Gasteiger partial charge in [-0.05, 0) is 39.4 Å². The van der Waals surface area contributed by atoms with E-state index in [1.807, 2.05) is 39.4 Å². The molecule has 0 saturated heterocycles. The second-order valence-electron chi connectivity index (χ2n) is 4.42. The number of nitrogens with zero attached hydrogens (tertiary/aromatic N) is 3. The minimum absolute atomic E-state index is 0.0908. The van der Waals surface area contributed by atoms with Crippen LogP contribution in [0.5, 0.6) is 0 Å². The molecular formula is C14H20N4. The SMILES string of the molecule is CCn1ccnc1C(NC)c1ccc(C)nc1C. The molecule has 1 N–H and O–H groups in total. The zero-order valence-electron chi connectivity index (χ0n) is 11.4. The van der Waals surface area contributed by atoms with Crippen molar-refractivity contribution in [2.24, 2.45) is 0 Å². The molecule has 1 unspecified atom stereocenters. The maximum atomic E-state index is 4.53. The quantitative estimate of drug-likeness (QED) is 0.896. The lowest BCUT2D eigenvalue weighted by molar-refractivity contribution is 0.586. The molecule has 0 fully saturated rings. The molecule has 0 spiro atoms. The van der Waals surface area contributed by atoms with Crippen molar-refractivity contribution in [1.82, 2.24) is 19.9 Å². The summed E-state index contributed by atoms with van der Waals surface area (Å²) in [6.07, 6.45) is 3.86. The van der Waals surface area contributed by atoms with Crippen LogP contribution >= 0.6 is 0 Å². The summed E-state index contributed by atoms with van der Waals surface area (Å²) >= 11 is 0. The van der Waals surface area contributed by atoms with E-state index in [1.54, 1.807) is 0 Å². The van der Waals surface area contributed by atoms with Crippen LogP contribution in [0.15, 0.2) is 24.5 Å². The molecule has 0 amide bonds. The van der Waals surface area contributed by atoms with Crippen molar-refractivity contribution in [1.29, 1.82) is 0 Å². The molecule has 0 aliphatic heterocycles. The Hall–Kier alpha value is -1.68. The van der Waals surface area contributed by atoms with Gasteiger partial charge in [0.05, 0.1) is 6.04 Å². The average molecular weight is 244 g/mol. The highest BCUT2D eigenvalue weighted by molar-refractivity contribution is 5.30. The first kappa shape index (κ1) is 12.8. The number of imidazole rings is 1. The molecule has 1 atom stereocenters. The molecule has 2 aromatic heterocycles. The maximum Gasteiger partial charge on any atom is 0.130 e. The van der Waals surface area contributed by atoms with Crippen LogP contribution in [0.3, 0.4) is 0 Å². The minimum atomic E-state index is 0.0908. The normalized spacial score (nSPS) is 12.7. The first-order valence-electron chi connectivity index (χ1n) is 6.29. The molecule has 0 saturated carbocycles. The zero-order chi connectivity index (χ0) is 13.1. The minimum Gasteiger partial charge on any atom is -0.334 e. The van der Waals surface area contributed by atoms with E-state index in [0.717, 1.165) is 23.8 Å². The number of hydrogen-bond donors (Lipinski definition) is 1. The lowest BCUT2D eigenvalue weighted by Crippen LogP contribution is -2.23. The van der Waals surface area contributed by atoms with E-state index in [2.05, 4.69) is 32.8 Å². The van der Waals surface area contributed by atoms with Crippen LogP contribution in [0.25, 0.3) is 0 Å². The molecule has 0 aliphatic rings. The zero-order valence-corrected chi connectivity index (χ0v) is 11.4. The van der Waals surface area contributed by atoms with Crippen molar-refractivity contribution in [2.45, 2.75) is 33.4 Å². The summed E-state index contributed by atoms with van der Waals surface area (Å²) in [5, 5.41) is 3.33.